The van der Waals surface area contributed by atoms with E-state index in [-0.39, 0.29) is 18.2 Å². The molecule has 9 heteroatoms. The van der Waals surface area contributed by atoms with Gasteiger partial charge in [-0.3, -0.25) is 14.4 Å². The van der Waals surface area contributed by atoms with Crippen LogP contribution in [0.3, 0.4) is 0 Å². The fraction of sp³-hybridized carbons (Fsp3) is 0.375. The zero-order chi connectivity index (χ0) is 19.0. The van der Waals surface area contributed by atoms with Crippen molar-refractivity contribution in [2.75, 3.05) is 11.9 Å². The van der Waals surface area contributed by atoms with Crippen molar-refractivity contribution in [3.8, 4) is 0 Å². The van der Waals surface area contributed by atoms with Gasteiger partial charge in [0.15, 0.2) is 0 Å². The Morgan fingerprint density at radius 3 is 2.44 bits per heavy atom. The van der Waals surface area contributed by atoms with Gasteiger partial charge in [0.1, 0.15) is 0 Å². The average molecular weight is 387 g/mol. The van der Waals surface area contributed by atoms with E-state index in [1.807, 2.05) is 13.8 Å². The molecule has 0 aliphatic rings. The lowest BCUT2D eigenvalue weighted by atomic mass is 10.2. The molecule has 7 nitrogen and oxygen atoms in total. The standard InChI is InChI=1S/C16H20Cl2N4O3/c1-9(2)8-19-15(24)16(25)22-21-10(3)6-14(23)20-13-5-4-11(17)7-12(13)18/h4-5,7,9H,6,8H2,1-3H3,(H,19,24)(H,20,23)(H,22,25)/b21-10-. The summed E-state index contributed by atoms with van der Waals surface area (Å²) in [6.45, 7) is 5.76. The molecule has 3 N–H and O–H groups in total. The van der Waals surface area contributed by atoms with Gasteiger partial charge in [-0.25, -0.2) is 5.43 Å². The van der Waals surface area contributed by atoms with Crippen LogP contribution in [0.15, 0.2) is 23.3 Å². The number of anilines is 1. The molecule has 25 heavy (non-hydrogen) atoms. The van der Waals surface area contributed by atoms with Crippen LogP contribution in [0.25, 0.3) is 0 Å². The van der Waals surface area contributed by atoms with Gasteiger partial charge in [-0.2, -0.15) is 5.10 Å². The van der Waals surface area contributed by atoms with Crippen molar-refractivity contribution >= 4 is 52.3 Å². The highest BCUT2D eigenvalue weighted by molar-refractivity contribution is 6.37. The normalized spacial score (nSPS) is 11.2. The first-order valence-electron chi connectivity index (χ1n) is 7.55. The highest BCUT2D eigenvalue weighted by Crippen LogP contribution is 2.25. The van der Waals surface area contributed by atoms with Gasteiger partial charge in [-0.05, 0) is 31.0 Å². The van der Waals surface area contributed by atoms with Gasteiger partial charge in [0, 0.05) is 17.3 Å². The number of carbonyl (C=O) groups excluding carboxylic acids is 3. The number of benzene rings is 1. The van der Waals surface area contributed by atoms with E-state index in [0.717, 1.165) is 0 Å². The fourth-order valence-corrected chi connectivity index (χ4v) is 2.09. The Morgan fingerprint density at radius 2 is 1.84 bits per heavy atom. The van der Waals surface area contributed by atoms with E-state index in [4.69, 9.17) is 23.2 Å². The Kier molecular flexibility index (Phi) is 8.37. The molecule has 0 saturated carbocycles. The predicted molar refractivity (Wildman–Crippen MR) is 98.8 cm³/mol. The molecule has 0 fully saturated rings. The number of carbonyl (C=O) groups is 3. The predicted octanol–water partition coefficient (Wildman–Crippen LogP) is 2.59. The molecular weight excluding hydrogens is 367 g/mol. The van der Waals surface area contributed by atoms with E-state index < -0.39 is 11.8 Å². The summed E-state index contributed by atoms with van der Waals surface area (Å²) in [6.07, 6.45) is -0.0765. The number of hydrogen-bond acceptors (Lipinski definition) is 4. The lowest BCUT2D eigenvalue weighted by Crippen LogP contribution is -2.39. The highest BCUT2D eigenvalue weighted by atomic mass is 35.5. The zero-order valence-corrected chi connectivity index (χ0v) is 15.7. The van der Waals surface area contributed by atoms with Crippen molar-refractivity contribution in [3.63, 3.8) is 0 Å². The number of nitrogens with zero attached hydrogens (tertiary/aromatic N) is 1. The third kappa shape index (κ3) is 8.00. The SMILES string of the molecule is C/C(CC(=O)Nc1ccc(Cl)cc1Cl)=N/NC(=O)C(=O)NCC(C)C. The van der Waals surface area contributed by atoms with Gasteiger partial charge in [0.2, 0.25) is 5.91 Å². The quantitative estimate of drug-likeness (QED) is 0.397. The number of nitrogens with one attached hydrogen (secondary N) is 3. The van der Waals surface area contributed by atoms with E-state index >= 15 is 0 Å². The molecule has 0 aliphatic carbocycles. The van der Waals surface area contributed by atoms with Gasteiger partial charge in [-0.1, -0.05) is 37.0 Å². The maximum Gasteiger partial charge on any atom is 0.329 e. The van der Waals surface area contributed by atoms with Crippen molar-refractivity contribution < 1.29 is 14.4 Å². The van der Waals surface area contributed by atoms with Crippen LogP contribution in [-0.2, 0) is 14.4 Å². The maximum absolute atomic E-state index is 11.9. The number of amides is 3. The summed E-state index contributed by atoms with van der Waals surface area (Å²) in [7, 11) is 0. The molecule has 0 heterocycles. The molecule has 136 valence electrons. The van der Waals surface area contributed by atoms with Crippen molar-refractivity contribution in [1.29, 1.82) is 0 Å². The first-order chi connectivity index (χ1) is 11.7. The Balaban J connectivity index is 2.50. The van der Waals surface area contributed by atoms with E-state index in [1.165, 1.54) is 6.07 Å². The molecule has 0 saturated heterocycles. The van der Waals surface area contributed by atoms with Crippen LogP contribution in [-0.4, -0.2) is 30.0 Å². The van der Waals surface area contributed by atoms with Crippen LogP contribution < -0.4 is 16.1 Å². The van der Waals surface area contributed by atoms with Crippen LogP contribution in [0.5, 0.6) is 0 Å². The van der Waals surface area contributed by atoms with Crippen LogP contribution in [0.4, 0.5) is 5.69 Å². The number of hydrazone groups is 1. The van der Waals surface area contributed by atoms with Gasteiger partial charge >= 0.3 is 11.8 Å². The van der Waals surface area contributed by atoms with E-state index in [0.29, 0.717) is 28.0 Å². The third-order valence-electron chi connectivity index (χ3n) is 2.85. The molecule has 0 aliphatic heterocycles. The van der Waals surface area contributed by atoms with Crippen molar-refractivity contribution in [1.82, 2.24) is 10.7 Å². The molecule has 3 amide bonds. The Hall–Kier alpha value is -2.12. The van der Waals surface area contributed by atoms with Gasteiger partial charge in [-0.15, -0.1) is 0 Å². The van der Waals surface area contributed by atoms with Crippen LogP contribution in [0.1, 0.15) is 27.2 Å². The molecule has 0 aromatic heterocycles. The summed E-state index contributed by atoms with van der Waals surface area (Å²) >= 11 is 11.8. The summed E-state index contributed by atoms with van der Waals surface area (Å²) in [5, 5.41) is 9.57. The van der Waals surface area contributed by atoms with Crippen molar-refractivity contribution in [2.24, 2.45) is 11.0 Å². The maximum atomic E-state index is 11.9. The second-order valence-electron chi connectivity index (χ2n) is 5.74. The zero-order valence-electron chi connectivity index (χ0n) is 14.2. The van der Waals surface area contributed by atoms with Crippen LogP contribution in [0.2, 0.25) is 10.0 Å². The lowest BCUT2D eigenvalue weighted by Gasteiger charge is -2.08. The monoisotopic (exact) mass is 386 g/mol. The smallest absolute Gasteiger partial charge is 0.329 e. The summed E-state index contributed by atoms with van der Waals surface area (Å²) in [5.41, 5.74) is 2.85. The third-order valence-corrected chi connectivity index (χ3v) is 3.39. The molecule has 1 rings (SSSR count). The molecule has 1 aromatic carbocycles. The van der Waals surface area contributed by atoms with Crippen LogP contribution in [0, 0.1) is 5.92 Å². The second-order valence-corrected chi connectivity index (χ2v) is 6.58. The molecule has 0 atom stereocenters. The average Bonchev–Trinajstić information content (AvgIpc) is 2.52. The molecule has 0 bridgehead atoms. The largest absolute Gasteiger partial charge is 0.348 e. The topological polar surface area (TPSA) is 99.7 Å². The van der Waals surface area contributed by atoms with Gasteiger partial charge in [0.25, 0.3) is 0 Å². The Morgan fingerprint density at radius 1 is 1.16 bits per heavy atom. The van der Waals surface area contributed by atoms with Crippen LogP contribution >= 0.6 is 23.2 Å². The van der Waals surface area contributed by atoms with Crippen molar-refractivity contribution in [3.05, 3.63) is 28.2 Å². The van der Waals surface area contributed by atoms with Gasteiger partial charge < -0.3 is 10.6 Å². The van der Waals surface area contributed by atoms with Gasteiger partial charge in [0.05, 0.1) is 17.1 Å². The molecule has 0 unspecified atom stereocenters. The molecular formula is C16H20Cl2N4O3. The van der Waals surface area contributed by atoms with E-state index in [1.54, 1.807) is 19.1 Å². The summed E-state index contributed by atoms with van der Waals surface area (Å²) in [5.74, 6) is -1.81. The number of hydrogen-bond donors (Lipinski definition) is 3. The minimum absolute atomic E-state index is 0.0765. The van der Waals surface area contributed by atoms with Crippen molar-refractivity contribution in [2.45, 2.75) is 27.2 Å². The molecule has 0 spiro atoms. The van der Waals surface area contributed by atoms with E-state index in [9.17, 15) is 14.4 Å². The fourth-order valence-electron chi connectivity index (χ4n) is 1.63. The number of halogens is 2. The summed E-state index contributed by atoms with van der Waals surface area (Å²) in [6, 6.07) is 4.69. The Labute approximate surface area is 156 Å². The first-order valence-corrected chi connectivity index (χ1v) is 8.31. The van der Waals surface area contributed by atoms with E-state index in [2.05, 4.69) is 21.2 Å². The Bertz CT molecular complexity index is 690. The summed E-state index contributed by atoms with van der Waals surface area (Å²) in [4.78, 5) is 35.0. The molecule has 0 radical (unpaired) electrons. The first kappa shape index (κ1) is 20.9. The highest BCUT2D eigenvalue weighted by Gasteiger charge is 2.13. The molecule has 1 aromatic rings. The lowest BCUT2D eigenvalue weighted by molar-refractivity contribution is -0.139. The minimum atomic E-state index is -0.888. The number of rotatable bonds is 6. The minimum Gasteiger partial charge on any atom is -0.348 e. The summed E-state index contributed by atoms with van der Waals surface area (Å²) < 4.78 is 0. The second kappa shape index (κ2) is 10.0.